The summed E-state index contributed by atoms with van der Waals surface area (Å²) in [5.74, 6) is 0.855. The number of benzene rings is 1. The molecule has 0 aliphatic carbocycles. The summed E-state index contributed by atoms with van der Waals surface area (Å²) in [5, 5.41) is 8.44. The molecule has 0 amide bonds. The van der Waals surface area contributed by atoms with Crippen molar-refractivity contribution < 1.29 is 9.13 Å². The lowest BCUT2D eigenvalue weighted by molar-refractivity contribution is 0.386. The summed E-state index contributed by atoms with van der Waals surface area (Å²) in [7, 11) is 1.42. The maximum absolute atomic E-state index is 13.8. The van der Waals surface area contributed by atoms with E-state index < -0.39 is 5.82 Å². The predicted octanol–water partition coefficient (Wildman–Crippen LogP) is 2.90. The van der Waals surface area contributed by atoms with Gasteiger partial charge in [-0.15, -0.1) is 10.2 Å². The summed E-state index contributed by atoms with van der Waals surface area (Å²) in [4.78, 5) is 4.15. The molecular weight excluding hydrogens is 283 g/mol. The number of aryl methyl sites for hydroxylation is 1. The fourth-order valence-corrected chi connectivity index (χ4v) is 2.26. The van der Waals surface area contributed by atoms with Gasteiger partial charge in [-0.3, -0.25) is 4.40 Å². The van der Waals surface area contributed by atoms with Crippen molar-refractivity contribution in [2.75, 3.05) is 7.11 Å². The lowest BCUT2D eigenvalue weighted by atomic mass is 10.2. The van der Waals surface area contributed by atoms with Gasteiger partial charge >= 0.3 is 0 Å². The minimum absolute atomic E-state index is 0.181. The van der Waals surface area contributed by atoms with Gasteiger partial charge in [0.25, 0.3) is 0 Å². The third-order valence-electron chi connectivity index (χ3n) is 2.94. The average molecular weight is 293 g/mol. The highest BCUT2D eigenvalue weighted by molar-refractivity contribution is 6.29. The van der Waals surface area contributed by atoms with Crippen molar-refractivity contribution in [1.82, 2.24) is 19.6 Å². The Morgan fingerprint density at radius 1 is 1.25 bits per heavy atom. The Morgan fingerprint density at radius 2 is 2.05 bits per heavy atom. The summed E-state index contributed by atoms with van der Waals surface area (Å²) in [6.07, 6.45) is 0. The molecule has 0 aliphatic rings. The number of aromatic nitrogens is 4. The largest absolute Gasteiger partial charge is 0.494 e. The highest BCUT2D eigenvalue weighted by Crippen LogP contribution is 2.25. The van der Waals surface area contributed by atoms with Gasteiger partial charge in [0.1, 0.15) is 11.0 Å². The molecule has 0 saturated heterocycles. The zero-order valence-electron chi connectivity index (χ0n) is 10.8. The fourth-order valence-electron chi connectivity index (χ4n) is 2.04. The van der Waals surface area contributed by atoms with E-state index in [0.29, 0.717) is 28.0 Å². The maximum Gasteiger partial charge on any atom is 0.169 e. The number of hydrogen-bond donors (Lipinski definition) is 0. The quantitative estimate of drug-likeness (QED) is 0.682. The van der Waals surface area contributed by atoms with Crippen LogP contribution in [0.2, 0.25) is 5.15 Å². The third-order valence-corrected chi connectivity index (χ3v) is 3.13. The van der Waals surface area contributed by atoms with E-state index in [2.05, 4.69) is 15.2 Å². The Bertz CT molecular complexity index is 802. The number of ether oxygens (including phenoxy) is 1. The molecule has 0 atom stereocenters. The van der Waals surface area contributed by atoms with Crippen LogP contribution in [0.3, 0.4) is 0 Å². The smallest absolute Gasteiger partial charge is 0.169 e. The Balaban J connectivity index is 2.22. The monoisotopic (exact) mass is 292 g/mol. The van der Waals surface area contributed by atoms with Gasteiger partial charge in [0.05, 0.1) is 7.11 Å². The van der Waals surface area contributed by atoms with Crippen molar-refractivity contribution >= 4 is 17.2 Å². The van der Waals surface area contributed by atoms with E-state index in [1.807, 2.05) is 0 Å². The Morgan fingerprint density at radius 3 is 2.75 bits per heavy atom. The summed E-state index contributed by atoms with van der Waals surface area (Å²) < 4.78 is 20.4. The summed E-state index contributed by atoms with van der Waals surface area (Å²) >= 11 is 5.88. The zero-order chi connectivity index (χ0) is 14.3. The molecular formula is C13H10ClFN4O. The van der Waals surface area contributed by atoms with E-state index in [4.69, 9.17) is 16.3 Å². The minimum atomic E-state index is -0.457. The molecule has 0 spiro atoms. The van der Waals surface area contributed by atoms with E-state index >= 15 is 0 Å². The normalized spacial score (nSPS) is 11.0. The van der Waals surface area contributed by atoms with Crippen LogP contribution in [0.5, 0.6) is 5.75 Å². The zero-order valence-corrected chi connectivity index (χ0v) is 11.5. The molecule has 2 heterocycles. The van der Waals surface area contributed by atoms with E-state index in [0.717, 1.165) is 0 Å². The van der Waals surface area contributed by atoms with Crippen molar-refractivity contribution in [3.8, 4) is 17.1 Å². The molecule has 2 aromatic heterocycles. The predicted molar refractivity (Wildman–Crippen MR) is 72.5 cm³/mol. The van der Waals surface area contributed by atoms with Gasteiger partial charge in [0.2, 0.25) is 0 Å². The lowest BCUT2D eigenvalue weighted by Gasteiger charge is -2.06. The molecule has 0 bridgehead atoms. The molecule has 0 saturated carbocycles. The summed E-state index contributed by atoms with van der Waals surface area (Å²) in [6.45, 7) is 1.78. The maximum atomic E-state index is 13.8. The first-order valence-electron chi connectivity index (χ1n) is 5.82. The molecule has 102 valence electrons. The second-order valence-electron chi connectivity index (χ2n) is 4.19. The van der Waals surface area contributed by atoms with Gasteiger partial charge in [-0.25, -0.2) is 9.37 Å². The first kappa shape index (κ1) is 12.8. The van der Waals surface area contributed by atoms with Crippen molar-refractivity contribution in [3.63, 3.8) is 0 Å². The second-order valence-corrected chi connectivity index (χ2v) is 4.58. The molecule has 0 radical (unpaired) electrons. The number of methoxy groups -OCH3 is 1. The standard InChI is InChI=1S/C13H10ClFN4O/c1-7-16-11(14)6-12-17-18-13(19(7)12)8-3-4-10(20-2)9(15)5-8/h3-6H,1-2H3. The van der Waals surface area contributed by atoms with Crippen LogP contribution < -0.4 is 4.74 Å². The molecule has 0 unspecified atom stereocenters. The molecule has 0 N–H and O–H groups in total. The van der Waals surface area contributed by atoms with Crippen LogP contribution in [-0.4, -0.2) is 26.7 Å². The molecule has 7 heteroatoms. The van der Waals surface area contributed by atoms with Crippen LogP contribution in [0.15, 0.2) is 24.3 Å². The van der Waals surface area contributed by atoms with Crippen LogP contribution in [0, 0.1) is 12.7 Å². The van der Waals surface area contributed by atoms with Gasteiger partial charge in [-0.05, 0) is 25.1 Å². The van der Waals surface area contributed by atoms with E-state index in [-0.39, 0.29) is 5.75 Å². The fraction of sp³-hybridized carbons (Fsp3) is 0.154. The van der Waals surface area contributed by atoms with Crippen LogP contribution in [0.4, 0.5) is 4.39 Å². The van der Waals surface area contributed by atoms with Gasteiger partial charge in [0, 0.05) is 11.6 Å². The number of fused-ring (bicyclic) bond motifs is 1. The number of halogens is 2. The molecule has 5 nitrogen and oxygen atoms in total. The van der Waals surface area contributed by atoms with Crippen LogP contribution in [0.25, 0.3) is 17.0 Å². The van der Waals surface area contributed by atoms with Crippen LogP contribution in [0.1, 0.15) is 5.82 Å². The number of nitrogens with zero attached hydrogens (tertiary/aromatic N) is 4. The lowest BCUT2D eigenvalue weighted by Crippen LogP contribution is -1.98. The first-order valence-corrected chi connectivity index (χ1v) is 6.20. The molecule has 0 aliphatic heterocycles. The Hall–Kier alpha value is -2.21. The van der Waals surface area contributed by atoms with Gasteiger partial charge in [0.15, 0.2) is 23.0 Å². The minimum Gasteiger partial charge on any atom is -0.494 e. The average Bonchev–Trinajstić information content (AvgIpc) is 2.82. The van der Waals surface area contributed by atoms with E-state index in [1.165, 1.54) is 13.2 Å². The van der Waals surface area contributed by atoms with Crippen molar-refractivity contribution in [1.29, 1.82) is 0 Å². The summed E-state index contributed by atoms with van der Waals surface area (Å²) in [6, 6.07) is 6.21. The molecule has 3 aromatic rings. The van der Waals surface area contributed by atoms with E-state index in [1.54, 1.807) is 29.5 Å². The SMILES string of the molecule is COc1ccc(-c2nnc3cc(Cl)nc(C)n23)cc1F. The molecule has 1 aromatic carbocycles. The molecule has 20 heavy (non-hydrogen) atoms. The highest BCUT2D eigenvalue weighted by Gasteiger charge is 2.13. The second kappa shape index (κ2) is 4.72. The van der Waals surface area contributed by atoms with Crippen molar-refractivity contribution in [2.45, 2.75) is 6.92 Å². The van der Waals surface area contributed by atoms with Gasteiger partial charge in [-0.1, -0.05) is 11.6 Å². The first-order chi connectivity index (χ1) is 9.60. The number of hydrogen-bond acceptors (Lipinski definition) is 4. The van der Waals surface area contributed by atoms with E-state index in [9.17, 15) is 4.39 Å². The number of rotatable bonds is 2. The van der Waals surface area contributed by atoms with Crippen molar-refractivity contribution in [2.24, 2.45) is 0 Å². The highest BCUT2D eigenvalue weighted by atomic mass is 35.5. The Kier molecular flexibility index (Phi) is 3.02. The van der Waals surface area contributed by atoms with Gasteiger partial charge in [-0.2, -0.15) is 0 Å². The molecule has 0 fully saturated rings. The van der Waals surface area contributed by atoms with Gasteiger partial charge < -0.3 is 4.74 Å². The third kappa shape index (κ3) is 1.98. The summed E-state index contributed by atoms with van der Waals surface area (Å²) in [5.41, 5.74) is 1.15. The van der Waals surface area contributed by atoms with Crippen LogP contribution >= 0.6 is 11.6 Å². The topological polar surface area (TPSA) is 52.3 Å². The molecule has 3 rings (SSSR count). The van der Waals surface area contributed by atoms with Crippen LogP contribution in [-0.2, 0) is 0 Å². The van der Waals surface area contributed by atoms with Crippen molar-refractivity contribution in [3.05, 3.63) is 41.1 Å². The Labute approximate surface area is 119 Å².